The van der Waals surface area contributed by atoms with Crippen LogP contribution in [0.3, 0.4) is 0 Å². The van der Waals surface area contributed by atoms with Crippen LogP contribution in [0.5, 0.6) is 0 Å². The highest BCUT2D eigenvalue weighted by molar-refractivity contribution is 6.67. The number of nitrogens with zero attached hydrogens (tertiary/aromatic N) is 2. The van der Waals surface area contributed by atoms with Crippen molar-refractivity contribution in [2.75, 3.05) is 0 Å². The summed E-state index contributed by atoms with van der Waals surface area (Å²) in [4.78, 5) is 15.3. The van der Waals surface area contributed by atoms with Crippen molar-refractivity contribution in [2.45, 2.75) is 6.92 Å². The molecular formula is C9H6BClN2O. The minimum atomic E-state index is -0.527. The first kappa shape index (κ1) is 9.28. The van der Waals surface area contributed by atoms with Gasteiger partial charge in [0.25, 0.3) is 5.24 Å². The highest BCUT2D eigenvalue weighted by Crippen LogP contribution is 2.12. The summed E-state index contributed by atoms with van der Waals surface area (Å²) in [6.45, 7) is 1.73. The molecule has 0 amide bonds. The van der Waals surface area contributed by atoms with E-state index in [0.717, 1.165) is 0 Å². The van der Waals surface area contributed by atoms with Gasteiger partial charge in [-0.1, -0.05) is 11.5 Å². The van der Waals surface area contributed by atoms with Crippen LogP contribution >= 0.6 is 11.6 Å². The second-order valence-electron chi connectivity index (χ2n) is 3.01. The van der Waals surface area contributed by atoms with E-state index in [0.29, 0.717) is 22.5 Å². The number of hydrogen-bond donors (Lipinski definition) is 0. The minimum absolute atomic E-state index is 0.369. The molecule has 2 radical (unpaired) electrons. The topological polar surface area (TPSA) is 34.4 Å². The third-order valence-electron chi connectivity index (χ3n) is 2.00. The third-order valence-corrected chi connectivity index (χ3v) is 2.18. The molecule has 0 saturated carbocycles. The first-order valence-electron chi connectivity index (χ1n) is 4.03. The zero-order chi connectivity index (χ0) is 10.3. The second kappa shape index (κ2) is 3.13. The maximum Gasteiger partial charge on any atom is 0.271 e. The van der Waals surface area contributed by atoms with Crippen LogP contribution in [-0.4, -0.2) is 22.5 Å². The Morgan fingerprint density at radius 1 is 1.57 bits per heavy atom. The third kappa shape index (κ3) is 1.32. The molecule has 68 valence electrons. The molecule has 2 aromatic heterocycles. The van der Waals surface area contributed by atoms with E-state index in [1.165, 1.54) is 0 Å². The van der Waals surface area contributed by atoms with E-state index in [2.05, 4.69) is 4.98 Å². The molecule has 0 aliphatic rings. The first-order chi connectivity index (χ1) is 6.59. The molecule has 0 unspecified atom stereocenters. The van der Waals surface area contributed by atoms with Gasteiger partial charge in [0.1, 0.15) is 19.2 Å². The number of fused-ring (bicyclic) bond motifs is 1. The summed E-state index contributed by atoms with van der Waals surface area (Å²) in [5.41, 5.74) is 2.21. The Bertz CT molecular complexity index is 521. The van der Waals surface area contributed by atoms with E-state index in [4.69, 9.17) is 19.4 Å². The van der Waals surface area contributed by atoms with Gasteiger partial charge < -0.3 is 0 Å². The summed E-state index contributed by atoms with van der Waals surface area (Å²) in [5, 5.41) is -0.527. The lowest BCUT2D eigenvalue weighted by atomic mass is 9.99. The molecule has 0 N–H and O–H groups in total. The highest BCUT2D eigenvalue weighted by atomic mass is 35.5. The monoisotopic (exact) mass is 204 g/mol. The fourth-order valence-electron chi connectivity index (χ4n) is 1.42. The van der Waals surface area contributed by atoms with E-state index in [9.17, 15) is 4.79 Å². The van der Waals surface area contributed by atoms with Gasteiger partial charge in [-0.25, -0.2) is 4.98 Å². The Morgan fingerprint density at radius 3 is 2.93 bits per heavy atom. The Morgan fingerprint density at radius 2 is 2.29 bits per heavy atom. The predicted molar refractivity (Wildman–Crippen MR) is 55.5 cm³/mol. The van der Waals surface area contributed by atoms with Crippen molar-refractivity contribution in [1.82, 2.24) is 9.38 Å². The molecule has 0 aliphatic heterocycles. The van der Waals surface area contributed by atoms with Crippen LogP contribution in [0.4, 0.5) is 0 Å². The van der Waals surface area contributed by atoms with E-state index >= 15 is 0 Å². The maximum absolute atomic E-state index is 11.1. The number of aryl methyl sites for hydroxylation is 1. The molecule has 14 heavy (non-hydrogen) atoms. The first-order valence-corrected chi connectivity index (χ1v) is 4.41. The Labute approximate surface area is 87.1 Å². The van der Waals surface area contributed by atoms with Gasteiger partial charge in [0.2, 0.25) is 0 Å². The van der Waals surface area contributed by atoms with Crippen LogP contribution in [0.25, 0.3) is 5.65 Å². The van der Waals surface area contributed by atoms with Crippen molar-refractivity contribution in [3.05, 3.63) is 29.7 Å². The molecule has 2 aromatic rings. The maximum atomic E-state index is 11.1. The molecule has 0 atom stereocenters. The molecule has 0 saturated heterocycles. The molecule has 0 spiro atoms. The molecule has 0 aliphatic carbocycles. The molecule has 2 heterocycles. The lowest BCUT2D eigenvalue weighted by molar-refractivity contribution is 0.107. The standard InChI is InChI=1S/C9H6BClN2O/c1-5-8(9(11)14)13-4-6(10)2-3-7(13)12-5/h2-4H,1H3. The minimum Gasteiger partial charge on any atom is -0.296 e. The van der Waals surface area contributed by atoms with Gasteiger partial charge in [0, 0.05) is 6.20 Å². The van der Waals surface area contributed by atoms with Crippen LogP contribution in [0.1, 0.15) is 16.2 Å². The summed E-state index contributed by atoms with van der Waals surface area (Å²) in [6.07, 6.45) is 1.63. The van der Waals surface area contributed by atoms with E-state index in [1.807, 2.05) is 0 Å². The van der Waals surface area contributed by atoms with Crippen molar-refractivity contribution in [2.24, 2.45) is 0 Å². The van der Waals surface area contributed by atoms with Gasteiger partial charge in [0.15, 0.2) is 0 Å². The Kier molecular flexibility index (Phi) is 2.08. The van der Waals surface area contributed by atoms with Crippen LogP contribution in [0.2, 0.25) is 0 Å². The number of rotatable bonds is 1. The summed E-state index contributed by atoms with van der Waals surface area (Å²) >= 11 is 5.44. The smallest absolute Gasteiger partial charge is 0.271 e. The number of pyridine rings is 1. The highest BCUT2D eigenvalue weighted by Gasteiger charge is 2.13. The van der Waals surface area contributed by atoms with Gasteiger partial charge in [-0.3, -0.25) is 9.20 Å². The normalized spacial score (nSPS) is 10.7. The predicted octanol–water partition coefficient (Wildman–Crippen LogP) is 0.816. The lowest BCUT2D eigenvalue weighted by Gasteiger charge is -1.98. The van der Waals surface area contributed by atoms with Crippen molar-refractivity contribution >= 4 is 35.8 Å². The largest absolute Gasteiger partial charge is 0.296 e. The van der Waals surface area contributed by atoms with Crippen molar-refractivity contribution < 1.29 is 4.79 Å². The van der Waals surface area contributed by atoms with Gasteiger partial charge in [-0.05, 0) is 24.6 Å². The van der Waals surface area contributed by atoms with E-state index < -0.39 is 5.24 Å². The average Bonchev–Trinajstić information content (AvgIpc) is 2.40. The van der Waals surface area contributed by atoms with Crippen molar-refractivity contribution in [3.63, 3.8) is 0 Å². The molecule has 0 aromatic carbocycles. The lowest BCUT2D eigenvalue weighted by Crippen LogP contribution is -2.07. The molecule has 0 bridgehead atoms. The Balaban J connectivity index is 2.86. The van der Waals surface area contributed by atoms with Crippen molar-refractivity contribution in [3.8, 4) is 0 Å². The second-order valence-corrected chi connectivity index (χ2v) is 3.35. The SMILES string of the molecule is [B]c1ccc2nc(C)c(C(=O)Cl)n2c1. The van der Waals surface area contributed by atoms with Gasteiger partial charge in [-0.2, -0.15) is 0 Å². The molecule has 2 rings (SSSR count). The number of hydrogen-bond acceptors (Lipinski definition) is 2. The van der Waals surface area contributed by atoms with E-state index in [1.54, 1.807) is 29.7 Å². The number of aromatic nitrogens is 2. The summed E-state index contributed by atoms with van der Waals surface area (Å²) in [7, 11) is 5.60. The number of imidazole rings is 1. The number of halogens is 1. The number of carbonyl (C=O) groups is 1. The zero-order valence-corrected chi connectivity index (χ0v) is 8.25. The fourth-order valence-corrected chi connectivity index (χ4v) is 1.64. The van der Waals surface area contributed by atoms with Crippen LogP contribution in [0, 0.1) is 6.92 Å². The molecule has 3 nitrogen and oxygen atoms in total. The quantitative estimate of drug-likeness (QED) is 0.509. The summed E-state index contributed by atoms with van der Waals surface area (Å²) in [6, 6.07) is 3.47. The number of carbonyl (C=O) groups excluding carboxylic acids is 1. The molecular weight excluding hydrogens is 198 g/mol. The molecule has 0 fully saturated rings. The average molecular weight is 204 g/mol. The van der Waals surface area contributed by atoms with Gasteiger partial charge >= 0.3 is 0 Å². The van der Waals surface area contributed by atoms with Crippen LogP contribution in [-0.2, 0) is 0 Å². The van der Waals surface area contributed by atoms with Gasteiger partial charge in [-0.15, -0.1) is 0 Å². The molecule has 5 heteroatoms. The van der Waals surface area contributed by atoms with Gasteiger partial charge in [0.05, 0.1) is 5.69 Å². The van der Waals surface area contributed by atoms with Crippen LogP contribution in [0.15, 0.2) is 18.3 Å². The Hall–Kier alpha value is -1.29. The zero-order valence-electron chi connectivity index (χ0n) is 7.49. The van der Waals surface area contributed by atoms with Crippen LogP contribution < -0.4 is 5.46 Å². The summed E-state index contributed by atoms with van der Waals surface area (Å²) in [5.74, 6) is 0. The summed E-state index contributed by atoms with van der Waals surface area (Å²) < 4.78 is 1.60. The van der Waals surface area contributed by atoms with E-state index in [-0.39, 0.29) is 0 Å². The van der Waals surface area contributed by atoms with Crippen molar-refractivity contribution in [1.29, 1.82) is 0 Å². The fraction of sp³-hybridized carbons (Fsp3) is 0.111.